The molecule has 1 amide bonds. The SMILES string of the molecule is CCCCCOc1ccc(C2/C(=C(\O)c3ccc(OC(C)C)c(C)c3)C(=O)C(=O)N2CCN2CCOCC2)cc1OC. The molecule has 42 heavy (non-hydrogen) atoms. The summed E-state index contributed by atoms with van der Waals surface area (Å²) in [6.45, 7) is 12.2. The van der Waals surface area contributed by atoms with Crippen molar-refractivity contribution in [3.8, 4) is 17.2 Å². The third kappa shape index (κ3) is 7.25. The largest absolute Gasteiger partial charge is 0.507 e. The average Bonchev–Trinajstić information content (AvgIpc) is 3.24. The number of aliphatic hydroxyl groups excluding tert-OH is 1. The molecular formula is C33H44N2O7. The van der Waals surface area contributed by atoms with Crippen LogP contribution in [0.2, 0.25) is 0 Å². The minimum Gasteiger partial charge on any atom is -0.507 e. The molecule has 1 N–H and O–H groups in total. The molecule has 228 valence electrons. The lowest BCUT2D eigenvalue weighted by Crippen LogP contribution is -2.42. The fraction of sp³-hybridized carbons (Fsp3) is 0.515. The summed E-state index contributed by atoms with van der Waals surface area (Å²) in [6.07, 6.45) is 3.09. The fourth-order valence-corrected chi connectivity index (χ4v) is 5.38. The summed E-state index contributed by atoms with van der Waals surface area (Å²) in [5, 5.41) is 11.6. The standard InChI is InChI=1S/C33H44N2O7/c1-6-7-8-17-41-27-12-9-24(21-28(27)39-5)30-29(31(36)25-10-11-26(23(4)20-25)42-22(2)3)32(37)33(38)35(30)14-13-34-15-18-40-19-16-34/h9-12,20-22,30,36H,6-8,13-19H2,1-5H3/b31-29+. The molecule has 0 aromatic heterocycles. The van der Waals surface area contributed by atoms with Crippen LogP contribution in [0, 0.1) is 6.92 Å². The number of benzene rings is 2. The second kappa shape index (κ2) is 14.6. The Labute approximate surface area is 249 Å². The van der Waals surface area contributed by atoms with E-state index in [0.717, 1.165) is 37.9 Å². The number of carbonyl (C=O) groups excluding carboxylic acids is 2. The van der Waals surface area contributed by atoms with E-state index in [9.17, 15) is 14.7 Å². The number of carbonyl (C=O) groups is 2. The Morgan fingerprint density at radius 1 is 1.02 bits per heavy atom. The summed E-state index contributed by atoms with van der Waals surface area (Å²) in [6, 6.07) is 9.93. The molecule has 0 saturated carbocycles. The summed E-state index contributed by atoms with van der Waals surface area (Å²) in [5.74, 6) is 0.241. The highest BCUT2D eigenvalue weighted by atomic mass is 16.5. The highest BCUT2D eigenvalue weighted by Crippen LogP contribution is 2.42. The number of ether oxygens (including phenoxy) is 4. The van der Waals surface area contributed by atoms with Crippen LogP contribution in [0.25, 0.3) is 5.76 Å². The van der Waals surface area contributed by atoms with Crippen molar-refractivity contribution >= 4 is 17.4 Å². The van der Waals surface area contributed by atoms with E-state index < -0.39 is 17.7 Å². The van der Waals surface area contributed by atoms with Crippen LogP contribution in [0.15, 0.2) is 42.0 Å². The maximum atomic E-state index is 13.6. The Morgan fingerprint density at radius 2 is 1.76 bits per heavy atom. The molecule has 1 unspecified atom stereocenters. The minimum absolute atomic E-state index is 0.00601. The summed E-state index contributed by atoms with van der Waals surface area (Å²) in [5.41, 5.74) is 1.98. The Kier molecular flexibility index (Phi) is 10.9. The molecule has 0 spiro atoms. The molecule has 2 fully saturated rings. The van der Waals surface area contributed by atoms with Crippen molar-refractivity contribution in [2.75, 3.05) is 53.1 Å². The van der Waals surface area contributed by atoms with E-state index in [1.165, 1.54) is 0 Å². The number of hydrogen-bond donors (Lipinski definition) is 1. The van der Waals surface area contributed by atoms with Gasteiger partial charge in [-0.25, -0.2) is 0 Å². The third-order valence-electron chi connectivity index (χ3n) is 7.62. The highest BCUT2D eigenvalue weighted by Gasteiger charge is 2.46. The lowest BCUT2D eigenvalue weighted by Gasteiger charge is -2.31. The number of aryl methyl sites for hydroxylation is 1. The van der Waals surface area contributed by atoms with Crippen LogP contribution in [0.5, 0.6) is 17.2 Å². The maximum absolute atomic E-state index is 13.6. The van der Waals surface area contributed by atoms with E-state index in [-0.39, 0.29) is 17.4 Å². The van der Waals surface area contributed by atoms with Gasteiger partial charge < -0.3 is 29.0 Å². The molecule has 1 atom stereocenters. The number of morpholine rings is 1. The zero-order valence-electron chi connectivity index (χ0n) is 25.5. The van der Waals surface area contributed by atoms with Crippen LogP contribution in [0.3, 0.4) is 0 Å². The van der Waals surface area contributed by atoms with Gasteiger partial charge in [0.15, 0.2) is 11.5 Å². The summed E-state index contributed by atoms with van der Waals surface area (Å²) < 4.78 is 23.0. The minimum atomic E-state index is -0.791. The summed E-state index contributed by atoms with van der Waals surface area (Å²) >= 11 is 0. The van der Waals surface area contributed by atoms with Gasteiger partial charge in [-0.1, -0.05) is 25.8 Å². The second-order valence-electron chi connectivity index (χ2n) is 11.1. The number of hydrogen-bond acceptors (Lipinski definition) is 8. The number of ketones is 1. The third-order valence-corrected chi connectivity index (χ3v) is 7.62. The van der Waals surface area contributed by atoms with Crippen LogP contribution >= 0.6 is 0 Å². The maximum Gasteiger partial charge on any atom is 0.295 e. The number of aliphatic hydroxyl groups is 1. The number of unbranched alkanes of at least 4 members (excludes halogenated alkanes) is 2. The van der Waals surface area contributed by atoms with E-state index in [1.807, 2.05) is 32.9 Å². The van der Waals surface area contributed by atoms with Crippen molar-refractivity contribution < 1.29 is 33.6 Å². The first-order valence-electron chi connectivity index (χ1n) is 14.9. The molecule has 9 nitrogen and oxygen atoms in total. The number of amides is 1. The number of likely N-dealkylation sites (tertiary alicyclic amines) is 1. The van der Waals surface area contributed by atoms with Crippen LogP contribution in [-0.2, 0) is 14.3 Å². The van der Waals surface area contributed by atoms with E-state index in [1.54, 1.807) is 36.3 Å². The molecule has 2 aromatic carbocycles. The van der Waals surface area contributed by atoms with Gasteiger partial charge in [-0.05, 0) is 68.7 Å². The van der Waals surface area contributed by atoms with Gasteiger partial charge in [0.2, 0.25) is 0 Å². The van der Waals surface area contributed by atoms with Crippen LogP contribution in [0.1, 0.15) is 62.8 Å². The van der Waals surface area contributed by atoms with Gasteiger partial charge in [0.1, 0.15) is 11.5 Å². The Balaban J connectivity index is 1.73. The average molecular weight is 581 g/mol. The van der Waals surface area contributed by atoms with E-state index in [0.29, 0.717) is 61.3 Å². The molecule has 9 heteroatoms. The first-order chi connectivity index (χ1) is 20.2. The van der Waals surface area contributed by atoms with Gasteiger partial charge >= 0.3 is 0 Å². The predicted octanol–water partition coefficient (Wildman–Crippen LogP) is 5.11. The first-order valence-corrected chi connectivity index (χ1v) is 14.9. The quantitative estimate of drug-likeness (QED) is 0.151. The van der Waals surface area contributed by atoms with Crippen molar-refractivity contribution in [3.05, 3.63) is 58.7 Å². The smallest absolute Gasteiger partial charge is 0.295 e. The molecule has 4 rings (SSSR count). The molecule has 0 radical (unpaired) electrons. The lowest BCUT2D eigenvalue weighted by atomic mass is 9.94. The van der Waals surface area contributed by atoms with Crippen LogP contribution in [0.4, 0.5) is 0 Å². The van der Waals surface area contributed by atoms with Gasteiger partial charge in [0.25, 0.3) is 11.7 Å². The van der Waals surface area contributed by atoms with Crippen molar-refractivity contribution in [2.24, 2.45) is 0 Å². The molecule has 2 aliphatic rings. The molecule has 2 saturated heterocycles. The lowest BCUT2D eigenvalue weighted by molar-refractivity contribution is -0.140. The van der Waals surface area contributed by atoms with Crippen LogP contribution < -0.4 is 14.2 Å². The Bertz CT molecular complexity index is 1280. The Morgan fingerprint density at radius 3 is 2.43 bits per heavy atom. The van der Waals surface area contributed by atoms with Crippen molar-refractivity contribution in [1.29, 1.82) is 0 Å². The topological polar surface area (TPSA) is 97.8 Å². The Hall–Kier alpha value is -3.56. The first kappa shape index (κ1) is 31.4. The monoisotopic (exact) mass is 580 g/mol. The van der Waals surface area contributed by atoms with Gasteiger partial charge in [-0.15, -0.1) is 0 Å². The van der Waals surface area contributed by atoms with Crippen LogP contribution in [-0.4, -0.2) is 85.8 Å². The predicted molar refractivity (Wildman–Crippen MR) is 161 cm³/mol. The van der Waals surface area contributed by atoms with Gasteiger partial charge in [0.05, 0.1) is 44.6 Å². The second-order valence-corrected chi connectivity index (χ2v) is 11.1. The fourth-order valence-electron chi connectivity index (χ4n) is 5.38. The van der Waals surface area contributed by atoms with Crippen molar-refractivity contribution in [1.82, 2.24) is 9.80 Å². The highest BCUT2D eigenvalue weighted by molar-refractivity contribution is 6.46. The number of methoxy groups -OCH3 is 1. The zero-order chi connectivity index (χ0) is 30.2. The molecule has 0 aliphatic carbocycles. The van der Waals surface area contributed by atoms with Gasteiger partial charge in [0, 0.05) is 31.7 Å². The molecule has 2 aromatic rings. The van der Waals surface area contributed by atoms with E-state index >= 15 is 0 Å². The zero-order valence-corrected chi connectivity index (χ0v) is 25.5. The summed E-state index contributed by atoms with van der Waals surface area (Å²) in [4.78, 5) is 30.8. The molecule has 0 bridgehead atoms. The van der Waals surface area contributed by atoms with E-state index in [4.69, 9.17) is 18.9 Å². The molecule has 2 aliphatic heterocycles. The number of nitrogens with zero attached hydrogens (tertiary/aromatic N) is 2. The normalized spacial score (nSPS) is 19.0. The number of Topliss-reactive ketones (excluding diaryl/α,β-unsaturated/α-hetero) is 1. The van der Waals surface area contributed by atoms with Gasteiger partial charge in [-0.3, -0.25) is 14.5 Å². The van der Waals surface area contributed by atoms with Gasteiger partial charge in [-0.2, -0.15) is 0 Å². The van der Waals surface area contributed by atoms with Crippen molar-refractivity contribution in [2.45, 2.75) is 59.1 Å². The molecular weight excluding hydrogens is 536 g/mol. The summed E-state index contributed by atoms with van der Waals surface area (Å²) in [7, 11) is 1.57. The number of rotatable bonds is 13. The van der Waals surface area contributed by atoms with E-state index in [2.05, 4.69) is 11.8 Å². The van der Waals surface area contributed by atoms with Crippen molar-refractivity contribution in [3.63, 3.8) is 0 Å². The molecule has 2 heterocycles.